The standard InChI is InChI=1S/C27H22F5N5O4S/c1-14-6-18(7-17-4-5-22(38)37(23(14)17)41-25(39)27(30,31)32)15-2-3-16-8-20(42-21(16)9-15)12-35-13-34-36(26(35)40)11-19(10-33)24(28)29/h2-3,6-9,13H,4-5,10-12,33H2,1H3. The summed E-state index contributed by atoms with van der Waals surface area (Å²) in [6.45, 7) is 0.984. The summed E-state index contributed by atoms with van der Waals surface area (Å²) >= 11 is 1.42. The Hall–Kier alpha value is -4.37. The molecule has 0 saturated carbocycles. The molecule has 15 heteroatoms. The third-order valence-corrected chi connectivity index (χ3v) is 7.79. The fourth-order valence-corrected chi connectivity index (χ4v) is 5.78. The third-order valence-electron chi connectivity index (χ3n) is 6.70. The maximum absolute atomic E-state index is 12.9. The molecule has 0 fully saturated rings. The van der Waals surface area contributed by atoms with Crippen molar-refractivity contribution in [2.75, 3.05) is 11.6 Å². The number of carbonyl (C=O) groups excluding carboxylic acids is 2. The van der Waals surface area contributed by atoms with E-state index in [1.807, 2.05) is 24.3 Å². The Morgan fingerprint density at radius 3 is 2.55 bits per heavy atom. The average molecular weight is 608 g/mol. The van der Waals surface area contributed by atoms with Crippen LogP contribution in [-0.2, 0) is 33.9 Å². The quantitative estimate of drug-likeness (QED) is 0.305. The SMILES string of the molecule is Cc1cc(-c2ccc3cc(Cn4cnn(CC(CN)=C(F)F)c4=O)sc3c2)cc2c1N(OC(=O)C(F)(F)F)C(=O)CC2. The number of hydroxylamine groups is 1. The Kier molecular flexibility index (Phi) is 7.72. The van der Waals surface area contributed by atoms with Crippen LogP contribution in [0, 0.1) is 6.92 Å². The largest absolute Gasteiger partial charge is 0.493 e. The van der Waals surface area contributed by atoms with Gasteiger partial charge < -0.3 is 10.6 Å². The number of alkyl halides is 3. The summed E-state index contributed by atoms with van der Waals surface area (Å²) < 4.78 is 67.4. The molecule has 2 aromatic carbocycles. The number of thiophene rings is 1. The molecule has 2 N–H and O–H groups in total. The van der Waals surface area contributed by atoms with E-state index in [1.165, 1.54) is 22.2 Å². The first-order chi connectivity index (χ1) is 19.8. The number of carbonyl (C=O) groups is 2. The summed E-state index contributed by atoms with van der Waals surface area (Å²) in [6.07, 6.45) is -5.79. The molecule has 0 saturated heterocycles. The Morgan fingerprint density at radius 1 is 1.10 bits per heavy atom. The van der Waals surface area contributed by atoms with Crippen LogP contribution in [0.5, 0.6) is 0 Å². The van der Waals surface area contributed by atoms with E-state index in [2.05, 4.69) is 9.94 Å². The first-order valence-electron chi connectivity index (χ1n) is 12.5. The number of hydrogen-bond acceptors (Lipinski definition) is 7. The van der Waals surface area contributed by atoms with Crippen molar-refractivity contribution in [1.82, 2.24) is 14.3 Å². The first-order valence-corrected chi connectivity index (χ1v) is 13.3. The predicted molar refractivity (Wildman–Crippen MR) is 144 cm³/mol. The fraction of sp³-hybridized carbons (Fsp3) is 0.259. The lowest BCUT2D eigenvalue weighted by molar-refractivity contribution is -0.201. The number of aryl methyl sites for hydroxylation is 2. The van der Waals surface area contributed by atoms with E-state index in [1.54, 1.807) is 19.1 Å². The molecule has 1 amide bonds. The summed E-state index contributed by atoms with van der Waals surface area (Å²) in [4.78, 5) is 41.7. The lowest BCUT2D eigenvalue weighted by Gasteiger charge is -2.29. The minimum absolute atomic E-state index is 0.112. The van der Waals surface area contributed by atoms with Gasteiger partial charge in [0.15, 0.2) is 0 Å². The number of rotatable bonds is 7. The molecule has 9 nitrogen and oxygen atoms in total. The van der Waals surface area contributed by atoms with E-state index in [4.69, 9.17) is 5.73 Å². The van der Waals surface area contributed by atoms with Gasteiger partial charge in [0, 0.05) is 28.1 Å². The van der Waals surface area contributed by atoms with Crippen LogP contribution < -0.4 is 16.5 Å². The maximum atomic E-state index is 12.9. The van der Waals surface area contributed by atoms with Gasteiger partial charge in [-0.1, -0.05) is 12.1 Å². The number of halogens is 5. The smallest absolute Gasteiger partial charge is 0.327 e. The van der Waals surface area contributed by atoms with Gasteiger partial charge in [-0.2, -0.15) is 27.1 Å². The van der Waals surface area contributed by atoms with Crippen LogP contribution in [0.3, 0.4) is 0 Å². The Morgan fingerprint density at radius 2 is 1.86 bits per heavy atom. The summed E-state index contributed by atoms with van der Waals surface area (Å²) in [7, 11) is 0. The van der Waals surface area contributed by atoms with Gasteiger partial charge in [0.1, 0.15) is 6.33 Å². The van der Waals surface area contributed by atoms with Gasteiger partial charge in [-0.3, -0.25) is 9.36 Å². The molecule has 3 heterocycles. The molecule has 42 heavy (non-hydrogen) atoms. The highest BCUT2D eigenvalue weighted by Gasteiger charge is 2.44. The van der Waals surface area contributed by atoms with Gasteiger partial charge >= 0.3 is 17.8 Å². The van der Waals surface area contributed by atoms with E-state index in [-0.39, 0.29) is 30.6 Å². The van der Waals surface area contributed by atoms with Crippen LogP contribution in [0.25, 0.3) is 21.2 Å². The molecule has 2 aromatic heterocycles. The van der Waals surface area contributed by atoms with Gasteiger partial charge in [0.2, 0.25) is 0 Å². The van der Waals surface area contributed by atoms with Gasteiger partial charge in [0.25, 0.3) is 12.0 Å². The molecule has 0 aliphatic carbocycles. The van der Waals surface area contributed by atoms with Gasteiger partial charge in [-0.05, 0) is 65.3 Å². The second kappa shape index (κ2) is 11.1. The highest BCUT2D eigenvalue weighted by atomic mass is 32.1. The molecular weight excluding hydrogens is 585 g/mol. The third kappa shape index (κ3) is 5.69. The number of amides is 1. The number of fused-ring (bicyclic) bond motifs is 2. The zero-order valence-electron chi connectivity index (χ0n) is 21.9. The number of anilines is 1. The maximum Gasteiger partial charge on any atom is 0.493 e. The Bertz CT molecular complexity index is 1800. The second-order valence-electron chi connectivity index (χ2n) is 9.60. The molecule has 0 radical (unpaired) electrons. The molecule has 5 rings (SSSR count). The van der Waals surface area contributed by atoms with Crippen molar-refractivity contribution in [2.24, 2.45) is 5.73 Å². The van der Waals surface area contributed by atoms with E-state index in [0.717, 1.165) is 30.8 Å². The number of nitrogens with zero attached hydrogens (tertiary/aromatic N) is 4. The summed E-state index contributed by atoms with van der Waals surface area (Å²) in [5, 5.41) is 5.24. The fourth-order valence-electron chi connectivity index (χ4n) is 4.68. The van der Waals surface area contributed by atoms with E-state index in [0.29, 0.717) is 16.2 Å². The van der Waals surface area contributed by atoms with E-state index < -0.39 is 42.9 Å². The van der Waals surface area contributed by atoms with Crippen LogP contribution in [0.15, 0.2) is 59.2 Å². The molecule has 0 spiro atoms. The highest BCUT2D eigenvalue weighted by Crippen LogP contribution is 2.38. The minimum atomic E-state index is -5.25. The molecular formula is C27H22F5N5O4S. The Balaban J connectivity index is 1.41. The van der Waals surface area contributed by atoms with Gasteiger partial charge in [-0.15, -0.1) is 16.4 Å². The predicted octanol–water partition coefficient (Wildman–Crippen LogP) is 4.69. The number of hydrogen-bond donors (Lipinski definition) is 1. The molecule has 0 unspecified atom stereocenters. The van der Waals surface area contributed by atoms with Crippen molar-refractivity contribution >= 4 is 39.0 Å². The zero-order valence-corrected chi connectivity index (χ0v) is 22.7. The summed E-state index contributed by atoms with van der Waals surface area (Å²) in [5.74, 6) is -3.23. The Labute approximate surface area is 238 Å². The van der Waals surface area contributed by atoms with Crippen molar-refractivity contribution < 1.29 is 36.4 Å². The van der Waals surface area contributed by atoms with Crippen LogP contribution >= 0.6 is 11.3 Å². The van der Waals surface area contributed by atoms with Crippen molar-refractivity contribution in [2.45, 2.75) is 39.0 Å². The second-order valence-corrected chi connectivity index (χ2v) is 10.8. The van der Waals surface area contributed by atoms with Crippen molar-refractivity contribution in [3.8, 4) is 11.1 Å². The van der Waals surface area contributed by atoms with Gasteiger partial charge in [-0.25, -0.2) is 14.3 Å². The minimum Gasteiger partial charge on any atom is -0.327 e. The number of benzene rings is 2. The normalized spacial score (nSPS) is 13.4. The summed E-state index contributed by atoms with van der Waals surface area (Å²) in [6, 6.07) is 11.0. The van der Waals surface area contributed by atoms with E-state index in [9.17, 15) is 36.3 Å². The monoisotopic (exact) mass is 607 g/mol. The topological polar surface area (TPSA) is 112 Å². The number of nitrogens with two attached hydrogens (primary N) is 1. The van der Waals surface area contributed by atoms with Crippen molar-refractivity contribution in [3.05, 3.63) is 80.9 Å². The van der Waals surface area contributed by atoms with Crippen molar-refractivity contribution in [1.29, 1.82) is 0 Å². The van der Waals surface area contributed by atoms with Crippen molar-refractivity contribution in [3.63, 3.8) is 0 Å². The average Bonchev–Trinajstić information content (AvgIpc) is 3.49. The van der Waals surface area contributed by atoms with Crippen LogP contribution in [0.2, 0.25) is 0 Å². The lowest BCUT2D eigenvalue weighted by Crippen LogP contribution is -2.41. The first kappa shape index (κ1) is 29.1. The lowest BCUT2D eigenvalue weighted by atomic mass is 9.93. The molecule has 1 aliphatic rings. The summed E-state index contributed by atoms with van der Waals surface area (Å²) in [5.41, 5.74) is 7.07. The molecule has 0 atom stereocenters. The van der Waals surface area contributed by atoms with Crippen LogP contribution in [0.4, 0.5) is 27.6 Å². The van der Waals surface area contributed by atoms with Crippen LogP contribution in [-0.4, -0.2) is 38.9 Å². The molecule has 4 aromatic rings. The highest BCUT2D eigenvalue weighted by molar-refractivity contribution is 7.19. The van der Waals surface area contributed by atoms with Crippen LogP contribution in [0.1, 0.15) is 22.4 Å². The molecule has 1 aliphatic heterocycles. The van der Waals surface area contributed by atoms with Gasteiger partial charge in [0.05, 0.1) is 18.8 Å². The molecule has 220 valence electrons. The van der Waals surface area contributed by atoms with E-state index >= 15 is 0 Å². The molecule has 0 bridgehead atoms. The number of aromatic nitrogens is 3. The zero-order chi connectivity index (χ0) is 30.3.